The number of nitrogens with one attached hydrogen (secondary N) is 1. The molecular formula is C20H20N4O3S. The normalized spacial score (nSPS) is 14.2. The van der Waals surface area contributed by atoms with Gasteiger partial charge in [0.05, 0.1) is 17.4 Å². The van der Waals surface area contributed by atoms with Crippen LogP contribution in [0.4, 0.5) is 5.69 Å². The van der Waals surface area contributed by atoms with Gasteiger partial charge in [-0.2, -0.15) is 0 Å². The molecule has 8 heteroatoms. The summed E-state index contributed by atoms with van der Waals surface area (Å²) in [5, 5.41) is 3.34. The standard InChI is InChI=1S/C20H20N4O3S/c25-19-8-5-15-14-16(6-7-17(15)23-19)27-12-3-13-28(26)20-22-10-11-24(20)18-4-1-2-9-21-18/h1-2,4,6-7,9-11,14H,3,5,8,12-13H2,(H,23,25). The van der Waals surface area contributed by atoms with E-state index in [2.05, 4.69) is 15.3 Å². The summed E-state index contributed by atoms with van der Waals surface area (Å²) in [5.41, 5.74) is 1.93. The van der Waals surface area contributed by atoms with Gasteiger partial charge in [-0.15, -0.1) is 0 Å². The van der Waals surface area contributed by atoms with Gasteiger partial charge < -0.3 is 10.1 Å². The topological polar surface area (TPSA) is 86.1 Å². The lowest BCUT2D eigenvalue weighted by atomic mass is 10.0. The zero-order chi connectivity index (χ0) is 19.3. The summed E-state index contributed by atoms with van der Waals surface area (Å²) in [6.07, 6.45) is 6.94. The Kier molecular flexibility index (Phi) is 5.48. The largest absolute Gasteiger partial charge is 0.494 e. The first kappa shape index (κ1) is 18.4. The van der Waals surface area contributed by atoms with Crippen molar-refractivity contribution in [3.63, 3.8) is 0 Å². The molecule has 0 saturated carbocycles. The fourth-order valence-electron chi connectivity index (χ4n) is 3.05. The van der Waals surface area contributed by atoms with Crippen molar-refractivity contribution in [2.45, 2.75) is 24.4 Å². The maximum Gasteiger partial charge on any atom is 0.224 e. The van der Waals surface area contributed by atoms with E-state index >= 15 is 0 Å². The zero-order valence-corrected chi connectivity index (χ0v) is 16.0. The predicted octanol–water partition coefficient (Wildman–Crippen LogP) is 2.73. The van der Waals surface area contributed by atoms with Crippen LogP contribution in [0.25, 0.3) is 5.82 Å². The van der Waals surface area contributed by atoms with E-state index in [1.165, 1.54) is 0 Å². The molecule has 2 aromatic heterocycles. The first-order chi connectivity index (χ1) is 13.7. The molecule has 1 aliphatic heterocycles. The van der Waals surface area contributed by atoms with Crippen molar-refractivity contribution in [1.29, 1.82) is 0 Å². The molecule has 0 fully saturated rings. The van der Waals surface area contributed by atoms with Crippen molar-refractivity contribution in [3.8, 4) is 11.6 Å². The number of fused-ring (bicyclic) bond motifs is 1. The highest BCUT2D eigenvalue weighted by molar-refractivity contribution is 7.84. The Morgan fingerprint density at radius 1 is 1.14 bits per heavy atom. The van der Waals surface area contributed by atoms with Gasteiger partial charge in [-0.25, -0.2) is 9.97 Å². The van der Waals surface area contributed by atoms with E-state index in [-0.39, 0.29) is 5.91 Å². The van der Waals surface area contributed by atoms with Gasteiger partial charge in [0.2, 0.25) is 11.1 Å². The number of hydrogen-bond donors (Lipinski definition) is 1. The highest BCUT2D eigenvalue weighted by Crippen LogP contribution is 2.26. The lowest BCUT2D eigenvalue weighted by Gasteiger charge is -2.17. The maximum absolute atomic E-state index is 12.6. The van der Waals surface area contributed by atoms with Crippen molar-refractivity contribution in [1.82, 2.24) is 14.5 Å². The first-order valence-electron chi connectivity index (χ1n) is 9.09. The van der Waals surface area contributed by atoms with Crippen LogP contribution in [0.3, 0.4) is 0 Å². The van der Waals surface area contributed by atoms with Crippen LogP contribution in [0.2, 0.25) is 0 Å². The van der Waals surface area contributed by atoms with Crippen molar-refractivity contribution in [2.75, 3.05) is 17.7 Å². The molecule has 0 spiro atoms. The second-order valence-electron chi connectivity index (χ2n) is 6.39. The van der Waals surface area contributed by atoms with Crippen LogP contribution in [0, 0.1) is 0 Å². The van der Waals surface area contributed by atoms with Gasteiger partial charge >= 0.3 is 0 Å². The molecule has 144 valence electrons. The molecule has 0 bridgehead atoms. The van der Waals surface area contributed by atoms with Crippen LogP contribution < -0.4 is 10.1 Å². The summed E-state index contributed by atoms with van der Waals surface area (Å²) >= 11 is 0. The van der Waals surface area contributed by atoms with Crippen LogP contribution in [-0.4, -0.2) is 37.0 Å². The number of carbonyl (C=O) groups excluding carboxylic acids is 1. The Labute approximate surface area is 165 Å². The van der Waals surface area contributed by atoms with Crippen molar-refractivity contribution in [2.24, 2.45) is 0 Å². The smallest absolute Gasteiger partial charge is 0.224 e. The third-order valence-corrected chi connectivity index (χ3v) is 5.79. The number of imidazole rings is 1. The molecule has 3 heterocycles. The number of pyridine rings is 1. The Morgan fingerprint density at radius 3 is 2.93 bits per heavy atom. The third-order valence-electron chi connectivity index (χ3n) is 4.42. The maximum atomic E-state index is 12.6. The lowest BCUT2D eigenvalue weighted by Crippen LogP contribution is -2.18. The summed E-state index contributed by atoms with van der Waals surface area (Å²) in [4.78, 5) is 19.9. The monoisotopic (exact) mass is 396 g/mol. The molecule has 0 radical (unpaired) electrons. The van der Waals surface area contributed by atoms with E-state index in [0.29, 0.717) is 36.2 Å². The number of anilines is 1. The average molecular weight is 396 g/mol. The first-order valence-corrected chi connectivity index (χ1v) is 10.4. The molecule has 7 nitrogen and oxygen atoms in total. The summed E-state index contributed by atoms with van der Waals surface area (Å²) in [6.45, 7) is 0.460. The lowest BCUT2D eigenvalue weighted by molar-refractivity contribution is -0.116. The number of aryl methyl sites for hydroxylation is 1. The molecule has 1 aromatic carbocycles. The molecule has 1 atom stereocenters. The van der Waals surface area contributed by atoms with Gasteiger partial charge in [0.15, 0.2) is 0 Å². The van der Waals surface area contributed by atoms with Gasteiger partial charge in [-0.1, -0.05) is 6.07 Å². The van der Waals surface area contributed by atoms with Gasteiger partial charge in [0.1, 0.15) is 11.6 Å². The number of carbonyl (C=O) groups is 1. The minimum Gasteiger partial charge on any atom is -0.494 e. The summed E-state index contributed by atoms with van der Waals surface area (Å²) in [5.74, 6) is 1.95. The molecule has 1 aliphatic rings. The number of nitrogens with zero attached hydrogens (tertiary/aromatic N) is 3. The van der Waals surface area contributed by atoms with E-state index in [1.54, 1.807) is 23.2 Å². The molecule has 1 unspecified atom stereocenters. The highest BCUT2D eigenvalue weighted by atomic mass is 32.2. The SMILES string of the molecule is O=C1CCc2cc(OCCCS(=O)c3nccn3-c3ccccn3)ccc2N1. The molecule has 1 N–H and O–H groups in total. The second kappa shape index (κ2) is 8.35. The van der Waals surface area contributed by atoms with Gasteiger partial charge in [0, 0.05) is 36.5 Å². The second-order valence-corrected chi connectivity index (χ2v) is 7.85. The van der Waals surface area contributed by atoms with Crippen LogP contribution in [0.15, 0.2) is 60.1 Å². The molecular weight excluding hydrogens is 376 g/mol. The number of ether oxygens (including phenoxy) is 1. The summed E-state index contributed by atoms with van der Waals surface area (Å²) in [6, 6.07) is 11.2. The van der Waals surface area contributed by atoms with Crippen molar-refractivity contribution in [3.05, 3.63) is 60.6 Å². The fourth-order valence-corrected chi connectivity index (χ4v) is 4.16. The summed E-state index contributed by atoms with van der Waals surface area (Å²) < 4.78 is 20.2. The van der Waals surface area contributed by atoms with E-state index in [4.69, 9.17) is 4.74 Å². The van der Waals surface area contributed by atoms with Crippen LogP contribution >= 0.6 is 0 Å². The van der Waals surface area contributed by atoms with Gasteiger partial charge in [-0.3, -0.25) is 13.6 Å². The zero-order valence-electron chi connectivity index (χ0n) is 15.2. The molecule has 28 heavy (non-hydrogen) atoms. The molecule has 4 rings (SSSR count). The molecule has 3 aromatic rings. The summed E-state index contributed by atoms with van der Waals surface area (Å²) in [7, 11) is -1.24. The molecule has 0 saturated heterocycles. The van der Waals surface area contributed by atoms with Gasteiger partial charge in [0.25, 0.3) is 0 Å². The fraction of sp³-hybridized carbons (Fsp3) is 0.250. The van der Waals surface area contributed by atoms with E-state index in [1.807, 2.05) is 36.4 Å². The number of amides is 1. The Balaban J connectivity index is 1.31. The Morgan fingerprint density at radius 2 is 2.07 bits per heavy atom. The highest BCUT2D eigenvalue weighted by Gasteiger charge is 2.15. The molecule has 1 amide bonds. The van der Waals surface area contributed by atoms with Crippen LogP contribution in [0.1, 0.15) is 18.4 Å². The molecule has 0 aliphatic carbocycles. The van der Waals surface area contributed by atoms with Crippen LogP contribution in [-0.2, 0) is 22.0 Å². The number of rotatable bonds is 7. The number of aromatic nitrogens is 3. The predicted molar refractivity (Wildman–Crippen MR) is 106 cm³/mol. The van der Waals surface area contributed by atoms with Crippen molar-refractivity contribution < 1.29 is 13.7 Å². The number of benzene rings is 1. The quantitative estimate of drug-likeness (QED) is 0.621. The van der Waals surface area contributed by atoms with E-state index in [0.717, 1.165) is 23.4 Å². The number of hydrogen-bond acceptors (Lipinski definition) is 5. The third kappa shape index (κ3) is 4.12. The minimum atomic E-state index is -1.24. The minimum absolute atomic E-state index is 0.0488. The Hall–Kier alpha value is -3.00. The van der Waals surface area contributed by atoms with E-state index in [9.17, 15) is 9.00 Å². The van der Waals surface area contributed by atoms with E-state index < -0.39 is 10.8 Å². The van der Waals surface area contributed by atoms with Gasteiger partial charge in [-0.05, 0) is 48.7 Å². The van der Waals surface area contributed by atoms with Crippen molar-refractivity contribution >= 4 is 22.4 Å². The van der Waals surface area contributed by atoms with Crippen LogP contribution in [0.5, 0.6) is 5.75 Å². The Bertz CT molecular complexity index is 1000. The average Bonchev–Trinajstić information content (AvgIpc) is 3.22.